The SMILES string of the molecule is CCOC(=O)NCCOC1OC2OC(C)(O)CCC3CCCC(C1C)C32O. The molecular formula is C19H33NO7. The van der Waals surface area contributed by atoms with Crippen LogP contribution in [-0.2, 0) is 18.9 Å². The van der Waals surface area contributed by atoms with E-state index in [4.69, 9.17) is 18.9 Å². The maximum Gasteiger partial charge on any atom is 0.407 e. The summed E-state index contributed by atoms with van der Waals surface area (Å²) in [6, 6.07) is 0. The molecule has 0 aromatic rings. The van der Waals surface area contributed by atoms with Crippen molar-refractivity contribution in [1.29, 1.82) is 0 Å². The van der Waals surface area contributed by atoms with Crippen LogP contribution in [0.5, 0.6) is 0 Å². The number of carbonyl (C=O) groups is 1. The largest absolute Gasteiger partial charge is 0.450 e. The number of alkyl carbamates (subject to hydrolysis) is 1. The fraction of sp³-hybridized carbons (Fsp3) is 0.947. The van der Waals surface area contributed by atoms with Crippen molar-refractivity contribution in [3.05, 3.63) is 0 Å². The second-order valence-corrected chi connectivity index (χ2v) is 8.17. The highest BCUT2D eigenvalue weighted by molar-refractivity contribution is 5.66. The number of hydrogen-bond acceptors (Lipinski definition) is 7. The van der Waals surface area contributed by atoms with Crippen LogP contribution >= 0.6 is 0 Å². The minimum atomic E-state index is -1.33. The molecule has 2 saturated heterocycles. The summed E-state index contributed by atoms with van der Waals surface area (Å²) in [5.41, 5.74) is -1.11. The molecule has 2 heterocycles. The lowest BCUT2D eigenvalue weighted by atomic mass is 9.61. The minimum Gasteiger partial charge on any atom is -0.450 e. The molecule has 0 aromatic heterocycles. The van der Waals surface area contributed by atoms with Crippen LogP contribution in [0.1, 0.15) is 52.9 Å². The van der Waals surface area contributed by atoms with Crippen LogP contribution in [0.15, 0.2) is 0 Å². The van der Waals surface area contributed by atoms with Gasteiger partial charge in [0.05, 0.1) is 13.2 Å². The fourth-order valence-electron chi connectivity index (χ4n) is 4.88. The van der Waals surface area contributed by atoms with Gasteiger partial charge in [0.2, 0.25) is 0 Å². The van der Waals surface area contributed by atoms with Gasteiger partial charge in [-0.15, -0.1) is 0 Å². The van der Waals surface area contributed by atoms with Crippen molar-refractivity contribution < 1.29 is 34.0 Å². The Labute approximate surface area is 160 Å². The maximum absolute atomic E-state index is 11.6. The smallest absolute Gasteiger partial charge is 0.407 e. The number of hydrogen-bond donors (Lipinski definition) is 3. The van der Waals surface area contributed by atoms with E-state index in [1.165, 1.54) is 0 Å². The monoisotopic (exact) mass is 387 g/mol. The number of amides is 1. The van der Waals surface area contributed by atoms with E-state index in [0.717, 1.165) is 19.3 Å². The van der Waals surface area contributed by atoms with Gasteiger partial charge in [0, 0.05) is 24.8 Å². The zero-order valence-electron chi connectivity index (χ0n) is 16.5. The van der Waals surface area contributed by atoms with Gasteiger partial charge >= 0.3 is 6.09 Å². The van der Waals surface area contributed by atoms with Gasteiger partial charge in [-0.05, 0) is 39.0 Å². The Kier molecular flexibility index (Phi) is 6.32. The third-order valence-corrected chi connectivity index (χ3v) is 6.26. The van der Waals surface area contributed by atoms with Crippen LogP contribution < -0.4 is 5.32 Å². The molecular weight excluding hydrogens is 354 g/mol. The second-order valence-electron chi connectivity index (χ2n) is 8.17. The summed E-state index contributed by atoms with van der Waals surface area (Å²) in [4.78, 5) is 11.3. The van der Waals surface area contributed by atoms with Gasteiger partial charge in [0.15, 0.2) is 18.4 Å². The molecule has 0 bridgehead atoms. The molecule has 8 heteroatoms. The molecule has 7 atom stereocenters. The summed E-state index contributed by atoms with van der Waals surface area (Å²) in [5, 5.41) is 24.7. The predicted molar refractivity (Wildman–Crippen MR) is 95.5 cm³/mol. The van der Waals surface area contributed by atoms with Crippen molar-refractivity contribution in [2.45, 2.75) is 76.8 Å². The summed E-state index contributed by atoms with van der Waals surface area (Å²) in [6.45, 7) is 6.25. The van der Waals surface area contributed by atoms with Gasteiger partial charge < -0.3 is 34.5 Å². The highest BCUT2D eigenvalue weighted by atomic mass is 16.8. The summed E-state index contributed by atoms with van der Waals surface area (Å²) in [6.07, 6.45) is 2.02. The summed E-state index contributed by atoms with van der Waals surface area (Å²) in [5.74, 6) is -1.34. The molecule has 3 rings (SSSR count). The molecule has 0 radical (unpaired) electrons. The predicted octanol–water partition coefficient (Wildman–Crippen LogP) is 1.73. The van der Waals surface area contributed by atoms with Gasteiger partial charge in [0.1, 0.15) is 5.60 Å². The van der Waals surface area contributed by atoms with Crippen LogP contribution in [0.2, 0.25) is 0 Å². The maximum atomic E-state index is 11.6. The lowest BCUT2D eigenvalue weighted by Crippen LogP contribution is -2.65. The molecule has 8 nitrogen and oxygen atoms in total. The Morgan fingerprint density at radius 2 is 2.07 bits per heavy atom. The average Bonchev–Trinajstić information content (AvgIpc) is 2.70. The summed E-state index contributed by atoms with van der Waals surface area (Å²) < 4.78 is 22.5. The first-order valence-corrected chi connectivity index (χ1v) is 10.1. The first kappa shape index (κ1) is 20.8. The van der Waals surface area contributed by atoms with Gasteiger partial charge in [-0.3, -0.25) is 0 Å². The molecule has 156 valence electrons. The van der Waals surface area contributed by atoms with Crippen LogP contribution in [0.4, 0.5) is 4.79 Å². The summed E-state index contributed by atoms with van der Waals surface area (Å²) >= 11 is 0. The van der Waals surface area contributed by atoms with E-state index >= 15 is 0 Å². The Hall–Kier alpha value is -0.930. The Morgan fingerprint density at radius 3 is 2.81 bits per heavy atom. The lowest BCUT2D eigenvalue weighted by molar-refractivity contribution is -0.405. The number of rotatable bonds is 5. The van der Waals surface area contributed by atoms with Gasteiger partial charge in [-0.25, -0.2) is 4.79 Å². The molecule has 0 spiro atoms. The number of aliphatic hydroxyl groups is 2. The van der Waals surface area contributed by atoms with Crippen molar-refractivity contribution in [3.63, 3.8) is 0 Å². The van der Waals surface area contributed by atoms with Crippen molar-refractivity contribution >= 4 is 6.09 Å². The third-order valence-electron chi connectivity index (χ3n) is 6.26. The minimum absolute atomic E-state index is 0.0214. The Bertz CT molecular complexity index is 528. The van der Waals surface area contributed by atoms with E-state index in [1.54, 1.807) is 13.8 Å². The molecule has 1 amide bonds. The number of carbonyl (C=O) groups excluding carboxylic acids is 1. The standard InChI is InChI=1S/C19H33NO7/c1-4-24-17(21)20-10-11-25-15-12(2)14-7-5-6-13-8-9-18(3,22)27-16(26-15)19(13,14)23/h12-16,22-23H,4-11H2,1-3H3,(H,20,21). The second kappa shape index (κ2) is 8.21. The van der Waals surface area contributed by atoms with E-state index in [2.05, 4.69) is 5.32 Å². The molecule has 2 aliphatic heterocycles. The van der Waals surface area contributed by atoms with E-state index in [1.807, 2.05) is 6.92 Å². The van der Waals surface area contributed by atoms with Crippen LogP contribution in [0, 0.1) is 17.8 Å². The Balaban J connectivity index is 1.66. The quantitative estimate of drug-likeness (QED) is 0.617. The Morgan fingerprint density at radius 1 is 1.30 bits per heavy atom. The topological polar surface area (TPSA) is 106 Å². The van der Waals surface area contributed by atoms with Gasteiger partial charge in [0.25, 0.3) is 0 Å². The molecule has 27 heavy (non-hydrogen) atoms. The van der Waals surface area contributed by atoms with E-state index < -0.39 is 30.1 Å². The molecule has 3 aliphatic rings. The fourth-order valence-corrected chi connectivity index (χ4v) is 4.88. The van der Waals surface area contributed by atoms with Crippen molar-refractivity contribution in [1.82, 2.24) is 5.32 Å². The van der Waals surface area contributed by atoms with Crippen LogP contribution in [0.3, 0.4) is 0 Å². The number of ether oxygens (including phenoxy) is 4. The highest BCUT2D eigenvalue weighted by Gasteiger charge is 2.62. The van der Waals surface area contributed by atoms with Crippen LogP contribution in [0.25, 0.3) is 0 Å². The zero-order chi connectivity index (χ0) is 19.7. The first-order chi connectivity index (χ1) is 12.8. The van der Waals surface area contributed by atoms with Crippen LogP contribution in [-0.4, -0.2) is 60.0 Å². The zero-order valence-corrected chi connectivity index (χ0v) is 16.5. The average molecular weight is 387 g/mol. The van der Waals surface area contributed by atoms with E-state index in [9.17, 15) is 15.0 Å². The number of nitrogens with one attached hydrogen (secondary N) is 1. The van der Waals surface area contributed by atoms with E-state index in [-0.39, 0.29) is 24.4 Å². The highest BCUT2D eigenvalue weighted by Crippen LogP contribution is 2.54. The molecule has 7 unspecified atom stereocenters. The molecule has 0 aromatic carbocycles. The van der Waals surface area contributed by atoms with Crippen molar-refractivity contribution in [3.8, 4) is 0 Å². The molecule has 3 fully saturated rings. The lowest BCUT2D eigenvalue weighted by Gasteiger charge is -2.55. The normalized spacial score (nSPS) is 44.1. The first-order valence-electron chi connectivity index (χ1n) is 10.1. The molecule has 3 N–H and O–H groups in total. The third kappa shape index (κ3) is 4.24. The van der Waals surface area contributed by atoms with E-state index in [0.29, 0.717) is 26.0 Å². The van der Waals surface area contributed by atoms with Crippen molar-refractivity contribution in [2.75, 3.05) is 19.8 Å². The molecule has 1 saturated carbocycles. The summed E-state index contributed by atoms with van der Waals surface area (Å²) in [7, 11) is 0. The van der Waals surface area contributed by atoms with Crippen molar-refractivity contribution in [2.24, 2.45) is 17.8 Å². The van der Waals surface area contributed by atoms with Gasteiger partial charge in [-0.1, -0.05) is 13.3 Å². The van der Waals surface area contributed by atoms with Gasteiger partial charge in [-0.2, -0.15) is 0 Å². The molecule has 1 aliphatic carbocycles.